The summed E-state index contributed by atoms with van der Waals surface area (Å²) in [5, 5.41) is 3.00. The first kappa shape index (κ1) is 18.0. The van der Waals surface area contributed by atoms with Crippen molar-refractivity contribution in [1.82, 2.24) is 5.32 Å². The Hall–Kier alpha value is -1.04. The van der Waals surface area contributed by atoms with Gasteiger partial charge in [0.25, 0.3) is 0 Å². The normalized spacial score (nSPS) is 12.7. The highest BCUT2D eigenvalue weighted by Crippen LogP contribution is 2.22. The van der Waals surface area contributed by atoms with E-state index in [-0.39, 0.29) is 18.2 Å². The van der Waals surface area contributed by atoms with Crippen molar-refractivity contribution >= 4 is 17.7 Å². The first-order valence-electron chi connectivity index (χ1n) is 7.05. The summed E-state index contributed by atoms with van der Waals surface area (Å²) < 4.78 is 10.4. The highest BCUT2D eigenvalue weighted by atomic mass is 32.2. The number of hydrogen-bond donors (Lipinski definition) is 1. The Bertz CT molecular complexity index is 430. The number of hydrogen-bond acceptors (Lipinski definition) is 4. The number of rotatable bonds is 8. The number of carbonyl (C=O) groups is 1. The van der Waals surface area contributed by atoms with Crippen LogP contribution in [-0.2, 0) is 14.3 Å². The molecule has 0 bridgehead atoms. The molecule has 1 atom stereocenters. The van der Waals surface area contributed by atoms with Crippen LogP contribution in [0.2, 0.25) is 0 Å². The van der Waals surface area contributed by atoms with E-state index in [9.17, 15) is 4.79 Å². The molecule has 1 unspecified atom stereocenters. The van der Waals surface area contributed by atoms with Gasteiger partial charge in [-0.3, -0.25) is 4.79 Å². The van der Waals surface area contributed by atoms with Gasteiger partial charge in [-0.25, -0.2) is 0 Å². The van der Waals surface area contributed by atoms with Crippen LogP contribution in [0.15, 0.2) is 29.2 Å². The molecule has 0 aliphatic rings. The molecule has 0 heterocycles. The fourth-order valence-electron chi connectivity index (χ4n) is 1.70. The standard InChI is InChI=1S/C16H25NO3S/c1-11(2)12(3)17-15(18)10-21-14-8-6-13(7-9-14)16(19-4)20-5/h6-9,11-12,16H,10H2,1-5H3,(H,17,18). The second kappa shape index (κ2) is 9.07. The van der Waals surface area contributed by atoms with E-state index in [4.69, 9.17) is 9.47 Å². The molecule has 0 fully saturated rings. The zero-order valence-corrected chi connectivity index (χ0v) is 14.2. The fraction of sp³-hybridized carbons (Fsp3) is 0.562. The molecule has 0 aliphatic heterocycles. The number of methoxy groups -OCH3 is 2. The van der Waals surface area contributed by atoms with Crippen molar-refractivity contribution in [2.45, 2.75) is 38.0 Å². The van der Waals surface area contributed by atoms with E-state index >= 15 is 0 Å². The van der Waals surface area contributed by atoms with Crippen molar-refractivity contribution in [3.05, 3.63) is 29.8 Å². The lowest BCUT2D eigenvalue weighted by Gasteiger charge is -2.17. The molecular weight excluding hydrogens is 286 g/mol. The zero-order valence-electron chi connectivity index (χ0n) is 13.4. The second-order valence-electron chi connectivity index (χ2n) is 5.26. The fourth-order valence-corrected chi connectivity index (χ4v) is 2.41. The van der Waals surface area contributed by atoms with Crippen LogP contribution in [0.1, 0.15) is 32.6 Å². The third-order valence-electron chi connectivity index (χ3n) is 3.34. The Labute approximate surface area is 131 Å². The molecule has 0 saturated carbocycles. The van der Waals surface area contributed by atoms with Crippen LogP contribution in [-0.4, -0.2) is 31.9 Å². The molecule has 4 nitrogen and oxygen atoms in total. The third-order valence-corrected chi connectivity index (χ3v) is 4.35. The number of benzene rings is 1. The lowest BCUT2D eigenvalue weighted by atomic mass is 10.1. The number of nitrogens with one attached hydrogen (secondary N) is 1. The van der Waals surface area contributed by atoms with Crippen LogP contribution in [0.4, 0.5) is 0 Å². The minimum atomic E-state index is -0.348. The Morgan fingerprint density at radius 3 is 2.19 bits per heavy atom. The molecule has 1 amide bonds. The van der Waals surface area contributed by atoms with Crippen LogP contribution in [0.3, 0.4) is 0 Å². The molecule has 0 saturated heterocycles. The summed E-state index contributed by atoms with van der Waals surface area (Å²) in [6.45, 7) is 6.22. The summed E-state index contributed by atoms with van der Waals surface area (Å²) in [5.41, 5.74) is 0.960. The van der Waals surface area contributed by atoms with E-state index in [2.05, 4.69) is 19.2 Å². The van der Waals surface area contributed by atoms with Gasteiger partial charge in [0, 0.05) is 30.7 Å². The number of carbonyl (C=O) groups excluding carboxylic acids is 1. The molecule has 118 valence electrons. The van der Waals surface area contributed by atoms with Gasteiger partial charge >= 0.3 is 0 Å². The zero-order chi connectivity index (χ0) is 15.8. The van der Waals surface area contributed by atoms with Gasteiger partial charge < -0.3 is 14.8 Å². The Kier molecular flexibility index (Phi) is 7.78. The topological polar surface area (TPSA) is 47.6 Å². The van der Waals surface area contributed by atoms with Gasteiger partial charge in [-0.2, -0.15) is 0 Å². The Balaban J connectivity index is 2.47. The van der Waals surface area contributed by atoms with Crippen LogP contribution >= 0.6 is 11.8 Å². The molecule has 21 heavy (non-hydrogen) atoms. The minimum absolute atomic E-state index is 0.0666. The largest absolute Gasteiger partial charge is 0.353 e. The van der Waals surface area contributed by atoms with Crippen molar-refractivity contribution in [2.75, 3.05) is 20.0 Å². The summed E-state index contributed by atoms with van der Waals surface area (Å²) in [4.78, 5) is 12.9. The maximum Gasteiger partial charge on any atom is 0.230 e. The monoisotopic (exact) mass is 311 g/mol. The quantitative estimate of drug-likeness (QED) is 0.591. The molecule has 0 spiro atoms. The lowest BCUT2D eigenvalue weighted by molar-refractivity contribution is -0.119. The van der Waals surface area contributed by atoms with Gasteiger partial charge in [0.15, 0.2) is 6.29 Å². The smallest absolute Gasteiger partial charge is 0.230 e. The molecule has 1 aromatic rings. The van der Waals surface area contributed by atoms with Gasteiger partial charge in [-0.1, -0.05) is 26.0 Å². The third kappa shape index (κ3) is 6.08. The van der Waals surface area contributed by atoms with E-state index in [1.807, 2.05) is 31.2 Å². The summed E-state index contributed by atoms with van der Waals surface area (Å²) >= 11 is 1.52. The van der Waals surface area contributed by atoms with Crippen LogP contribution < -0.4 is 5.32 Å². The van der Waals surface area contributed by atoms with Crippen molar-refractivity contribution in [1.29, 1.82) is 0 Å². The Morgan fingerprint density at radius 1 is 1.14 bits per heavy atom. The molecule has 0 aromatic heterocycles. The number of thioether (sulfide) groups is 1. The van der Waals surface area contributed by atoms with Gasteiger partial charge in [0.05, 0.1) is 5.75 Å². The second-order valence-corrected chi connectivity index (χ2v) is 6.31. The van der Waals surface area contributed by atoms with Gasteiger partial charge in [0.1, 0.15) is 0 Å². The van der Waals surface area contributed by atoms with E-state index in [0.717, 1.165) is 10.5 Å². The molecule has 0 aliphatic carbocycles. The van der Waals surface area contributed by atoms with Crippen molar-refractivity contribution in [3.63, 3.8) is 0 Å². The summed E-state index contributed by atoms with van der Waals surface area (Å²) in [6, 6.07) is 8.06. The first-order chi connectivity index (χ1) is 9.97. The molecule has 0 radical (unpaired) electrons. The van der Waals surface area contributed by atoms with Crippen molar-refractivity contribution in [2.24, 2.45) is 5.92 Å². The minimum Gasteiger partial charge on any atom is -0.353 e. The highest BCUT2D eigenvalue weighted by Gasteiger charge is 2.11. The number of ether oxygens (including phenoxy) is 2. The van der Waals surface area contributed by atoms with E-state index in [1.165, 1.54) is 11.8 Å². The van der Waals surface area contributed by atoms with Crippen molar-refractivity contribution in [3.8, 4) is 0 Å². The van der Waals surface area contributed by atoms with Crippen molar-refractivity contribution < 1.29 is 14.3 Å². The van der Waals surface area contributed by atoms with E-state index in [1.54, 1.807) is 14.2 Å². The number of amides is 1. The average molecular weight is 311 g/mol. The highest BCUT2D eigenvalue weighted by molar-refractivity contribution is 8.00. The van der Waals surface area contributed by atoms with Gasteiger partial charge in [-0.15, -0.1) is 11.8 Å². The average Bonchev–Trinajstić information content (AvgIpc) is 2.47. The summed E-state index contributed by atoms with van der Waals surface area (Å²) in [6.07, 6.45) is -0.348. The lowest BCUT2D eigenvalue weighted by Crippen LogP contribution is -2.37. The van der Waals surface area contributed by atoms with Crippen LogP contribution in [0.5, 0.6) is 0 Å². The molecule has 5 heteroatoms. The molecule has 1 rings (SSSR count). The van der Waals surface area contributed by atoms with Gasteiger partial charge in [-0.05, 0) is 25.0 Å². The Morgan fingerprint density at radius 2 is 1.71 bits per heavy atom. The predicted molar refractivity (Wildman–Crippen MR) is 86.4 cm³/mol. The van der Waals surface area contributed by atoms with Crippen LogP contribution in [0.25, 0.3) is 0 Å². The predicted octanol–water partition coefficient (Wildman–Crippen LogP) is 3.23. The van der Waals surface area contributed by atoms with Gasteiger partial charge in [0.2, 0.25) is 5.91 Å². The summed E-state index contributed by atoms with van der Waals surface area (Å²) in [5.74, 6) is 0.934. The summed E-state index contributed by atoms with van der Waals surface area (Å²) in [7, 11) is 3.22. The molecular formula is C16H25NO3S. The molecule has 1 aromatic carbocycles. The maximum absolute atomic E-state index is 11.8. The first-order valence-corrected chi connectivity index (χ1v) is 8.04. The van der Waals surface area contributed by atoms with E-state index in [0.29, 0.717) is 11.7 Å². The molecule has 1 N–H and O–H groups in total. The van der Waals surface area contributed by atoms with Crippen LogP contribution in [0, 0.1) is 5.92 Å². The van der Waals surface area contributed by atoms with E-state index < -0.39 is 0 Å². The SMILES string of the molecule is COC(OC)c1ccc(SCC(=O)NC(C)C(C)C)cc1. The maximum atomic E-state index is 11.8.